The first-order valence-electron chi connectivity index (χ1n) is 7.15. The smallest absolute Gasteiger partial charge is 0.279 e. The SMILES string of the molecule is Cc1cc(C(=O)Nc2nc(-c3ccc4c(c3)CCO4)cs2)no1. The second-order valence-corrected chi connectivity index (χ2v) is 6.09. The van der Waals surface area contributed by atoms with Crippen LogP contribution in [0.25, 0.3) is 11.3 Å². The van der Waals surface area contributed by atoms with Gasteiger partial charge in [0.05, 0.1) is 12.3 Å². The Balaban J connectivity index is 1.54. The van der Waals surface area contributed by atoms with Crippen molar-refractivity contribution in [3.8, 4) is 17.0 Å². The molecule has 116 valence electrons. The maximum atomic E-state index is 12.0. The summed E-state index contributed by atoms with van der Waals surface area (Å²) >= 11 is 1.37. The number of fused-ring (bicyclic) bond motifs is 1. The van der Waals surface area contributed by atoms with Gasteiger partial charge in [0.1, 0.15) is 11.5 Å². The summed E-state index contributed by atoms with van der Waals surface area (Å²) < 4.78 is 10.4. The molecule has 23 heavy (non-hydrogen) atoms. The van der Waals surface area contributed by atoms with Crippen molar-refractivity contribution in [1.29, 1.82) is 0 Å². The van der Waals surface area contributed by atoms with Gasteiger partial charge in [0, 0.05) is 23.4 Å². The average Bonchev–Trinajstić information content (AvgIpc) is 3.26. The van der Waals surface area contributed by atoms with E-state index in [1.807, 2.05) is 17.5 Å². The highest BCUT2D eigenvalue weighted by atomic mass is 32.1. The molecular weight excluding hydrogens is 314 g/mol. The third-order valence-corrected chi connectivity index (χ3v) is 4.33. The molecular formula is C16H13N3O3S. The van der Waals surface area contributed by atoms with Crippen LogP contribution >= 0.6 is 11.3 Å². The van der Waals surface area contributed by atoms with E-state index < -0.39 is 0 Å². The van der Waals surface area contributed by atoms with E-state index in [2.05, 4.69) is 21.5 Å². The average molecular weight is 327 g/mol. The zero-order valence-electron chi connectivity index (χ0n) is 12.3. The van der Waals surface area contributed by atoms with Crippen LogP contribution in [0.1, 0.15) is 21.8 Å². The summed E-state index contributed by atoms with van der Waals surface area (Å²) in [6.45, 7) is 2.47. The van der Waals surface area contributed by atoms with Crippen molar-refractivity contribution in [1.82, 2.24) is 10.1 Å². The number of anilines is 1. The largest absolute Gasteiger partial charge is 0.493 e. The summed E-state index contributed by atoms with van der Waals surface area (Å²) in [7, 11) is 0. The fraction of sp³-hybridized carbons (Fsp3) is 0.188. The van der Waals surface area contributed by atoms with E-state index in [0.29, 0.717) is 10.9 Å². The second kappa shape index (κ2) is 5.51. The molecule has 0 spiro atoms. The number of rotatable bonds is 3. The molecule has 1 N–H and O–H groups in total. The molecule has 6 nitrogen and oxygen atoms in total. The van der Waals surface area contributed by atoms with Gasteiger partial charge in [-0.1, -0.05) is 5.16 Å². The molecule has 1 aromatic carbocycles. The minimum absolute atomic E-state index is 0.244. The third-order valence-electron chi connectivity index (χ3n) is 3.57. The zero-order valence-corrected chi connectivity index (χ0v) is 13.1. The Hall–Kier alpha value is -2.67. The topological polar surface area (TPSA) is 77.2 Å². The lowest BCUT2D eigenvalue weighted by atomic mass is 10.1. The lowest BCUT2D eigenvalue weighted by molar-refractivity contribution is 0.101. The van der Waals surface area contributed by atoms with Crippen LogP contribution in [0.2, 0.25) is 0 Å². The number of aryl methyl sites for hydroxylation is 1. The molecule has 0 fully saturated rings. The predicted molar refractivity (Wildman–Crippen MR) is 85.9 cm³/mol. The van der Waals surface area contributed by atoms with Gasteiger partial charge in [0.2, 0.25) is 0 Å². The quantitative estimate of drug-likeness (QED) is 0.798. The van der Waals surface area contributed by atoms with Gasteiger partial charge in [-0.2, -0.15) is 0 Å². The van der Waals surface area contributed by atoms with Gasteiger partial charge >= 0.3 is 0 Å². The molecule has 7 heteroatoms. The first-order chi connectivity index (χ1) is 11.2. The molecule has 3 aromatic rings. The van der Waals surface area contributed by atoms with E-state index in [4.69, 9.17) is 9.26 Å². The number of ether oxygens (including phenoxy) is 1. The van der Waals surface area contributed by atoms with Crippen molar-refractivity contribution in [2.75, 3.05) is 11.9 Å². The summed E-state index contributed by atoms with van der Waals surface area (Å²) in [4.78, 5) is 16.5. The van der Waals surface area contributed by atoms with E-state index >= 15 is 0 Å². The maximum absolute atomic E-state index is 12.0. The number of aromatic nitrogens is 2. The molecule has 0 bridgehead atoms. The van der Waals surface area contributed by atoms with Gasteiger partial charge in [-0.3, -0.25) is 10.1 Å². The Morgan fingerprint density at radius 2 is 2.26 bits per heavy atom. The number of hydrogen-bond donors (Lipinski definition) is 1. The number of thiazole rings is 1. The molecule has 0 aliphatic carbocycles. The van der Waals surface area contributed by atoms with Crippen LogP contribution in [0.5, 0.6) is 5.75 Å². The molecule has 0 radical (unpaired) electrons. The summed E-state index contributed by atoms with van der Waals surface area (Å²) in [5.41, 5.74) is 3.28. The highest BCUT2D eigenvalue weighted by Gasteiger charge is 2.16. The summed E-state index contributed by atoms with van der Waals surface area (Å²) in [5.74, 6) is 1.21. The number of benzene rings is 1. The highest BCUT2D eigenvalue weighted by molar-refractivity contribution is 7.14. The van der Waals surface area contributed by atoms with E-state index in [9.17, 15) is 4.79 Å². The number of nitrogens with zero attached hydrogens (tertiary/aromatic N) is 2. The van der Waals surface area contributed by atoms with Crippen LogP contribution in [-0.2, 0) is 6.42 Å². The van der Waals surface area contributed by atoms with Crippen molar-refractivity contribution in [2.45, 2.75) is 13.3 Å². The van der Waals surface area contributed by atoms with Crippen LogP contribution in [0, 0.1) is 6.92 Å². The zero-order chi connectivity index (χ0) is 15.8. The molecule has 2 aromatic heterocycles. The van der Waals surface area contributed by atoms with Gasteiger partial charge in [-0.25, -0.2) is 4.98 Å². The van der Waals surface area contributed by atoms with Crippen LogP contribution in [-0.4, -0.2) is 22.7 Å². The number of amides is 1. The molecule has 0 atom stereocenters. The summed E-state index contributed by atoms with van der Waals surface area (Å²) in [6.07, 6.45) is 0.919. The molecule has 1 aliphatic rings. The molecule has 4 rings (SSSR count). The summed E-state index contributed by atoms with van der Waals surface area (Å²) in [5, 5.41) is 8.88. The fourth-order valence-corrected chi connectivity index (χ4v) is 3.16. The van der Waals surface area contributed by atoms with Crippen molar-refractivity contribution >= 4 is 22.4 Å². The Morgan fingerprint density at radius 3 is 3.09 bits per heavy atom. The van der Waals surface area contributed by atoms with Crippen LogP contribution in [0.4, 0.5) is 5.13 Å². The van der Waals surface area contributed by atoms with E-state index in [-0.39, 0.29) is 11.6 Å². The van der Waals surface area contributed by atoms with Crippen molar-refractivity contribution in [2.24, 2.45) is 0 Å². The Kier molecular flexibility index (Phi) is 3.34. The van der Waals surface area contributed by atoms with Crippen molar-refractivity contribution in [3.05, 3.63) is 46.7 Å². The molecule has 0 unspecified atom stereocenters. The lowest BCUT2D eigenvalue weighted by Gasteiger charge is -2.01. The first-order valence-corrected chi connectivity index (χ1v) is 8.03. The second-order valence-electron chi connectivity index (χ2n) is 5.24. The molecule has 0 saturated heterocycles. The highest BCUT2D eigenvalue weighted by Crippen LogP contribution is 2.32. The molecule has 0 saturated carbocycles. The van der Waals surface area contributed by atoms with E-state index in [0.717, 1.165) is 30.0 Å². The third kappa shape index (κ3) is 2.70. The predicted octanol–water partition coefficient (Wildman–Crippen LogP) is 3.29. The normalized spacial score (nSPS) is 12.7. The minimum atomic E-state index is -0.329. The fourth-order valence-electron chi connectivity index (χ4n) is 2.44. The first kappa shape index (κ1) is 14.0. The number of carbonyl (C=O) groups excluding carboxylic acids is 1. The standard InChI is InChI=1S/C16H13N3O3S/c1-9-6-12(19-22-9)15(20)18-16-17-13(8-23-16)10-2-3-14-11(7-10)4-5-21-14/h2-3,6-8H,4-5H2,1H3,(H,17,18,20). The van der Waals surface area contributed by atoms with Gasteiger partial charge in [0.25, 0.3) is 5.91 Å². The van der Waals surface area contributed by atoms with Gasteiger partial charge in [-0.15, -0.1) is 11.3 Å². The molecule has 1 aliphatic heterocycles. The minimum Gasteiger partial charge on any atom is -0.493 e. The van der Waals surface area contributed by atoms with Gasteiger partial charge < -0.3 is 9.26 Å². The number of carbonyl (C=O) groups is 1. The van der Waals surface area contributed by atoms with E-state index in [1.54, 1.807) is 13.0 Å². The monoisotopic (exact) mass is 327 g/mol. The number of hydrogen-bond acceptors (Lipinski definition) is 6. The van der Waals surface area contributed by atoms with E-state index in [1.165, 1.54) is 16.9 Å². The van der Waals surface area contributed by atoms with Gasteiger partial charge in [-0.05, 0) is 30.7 Å². The Bertz CT molecular complexity index is 884. The van der Waals surface area contributed by atoms with Crippen molar-refractivity contribution in [3.63, 3.8) is 0 Å². The van der Waals surface area contributed by atoms with Crippen LogP contribution in [0.3, 0.4) is 0 Å². The number of nitrogens with one attached hydrogen (secondary N) is 1. The molecule has 3 heterocycles. The van der Waals surface area contributed by atoms with Crippen LogP contribution in [0.15, 0.2) is 34.2 Å². The van der Waals surface area contributed by atoms with Gasteiger partial charge in [0.15, 0.2) is 10.8 Å². The molecule has 1 amide bonds. The summed E-state index contributed by atoms with van der Waals surface area (Å²) in [6, 6.07) is 7.62. The lowest BCUT2D eigenvalue weighted by Crippen LogP contribution is -2.11. The van der Waals surface area contributed by atoms with Crippen LogP contribution < -0.4 is 10.1 Å². The van der Waals surface area contributed by atoms with Crippen molar-refractivity contribution < 1.29 is 14.1 Å². The Morgan fingerprint density at radius 1 is 1.35 bits per heavy atom. The maximum Gasteiger partial charge on any atom is 0.279 e. The Labute approximate surface area is 136 Å².